The van der Waals surface area contributed by atoms with E-state index in [1.807, 2.05) is 25.1 Å². The largest absolute Gasteiger partial charge is 0.493 e. The molecule has 1 amide bonds. The molecule has 1 aromatic heterocycles. The highest BCUT2D eigenvalue weighted by Gasteiger charge is 2.09. The Balaban J connectivity index is 2.01. The predicted octanol–water partition coefficient (Wildman–Crippen LogP) is 2.52. The number of nitrogens with one attached hydrogen (secondary N) is 1. The molecule has 0 fully saturated rings. The summed E-state index contributed by atoms with van der Waals surface area (Å²) in [4.78, 5) is 20.1. The Morgan fingerprint density at radius 1 is 1.20 bits per heavy atom. The maximum Gasteiger partial charge on any atom is 0.250 e. The van der Waals surface area contributed by atoms with Crippen molar-refractivity contribution in [2.45, 2.75) is 18.5 Å². The van der Waals surface area contributed by atoms with Crippen molar-refractivity contribution in [3.8, 4) is 11.5 Å². The van der Waals surface area contributed by atoms with Gasteiger partial charge >= 0.3 is 0 Å². The van der Waals surface area contributed by atoms with Gasteiger partial charge in [0.2, 0.25) is 0 Å². The Labute approximate surface area is 150 Å². The van der Waals surface area contributed by atoms with Gasteiger partial charge in [-0.25, -0.2) is 15.4 Å². The van der Waals surface area contributed by atoms with Crippen LogP contribution >= 0.6 is 11.8 Å². The standard InChI is InChI=1S/C17H20N4O3S/c1-4-13(12-6-7-14(23-2)15(10-12)24-3)20-21-16(22)11-25-17-18-8-5-9-19-17/h5-10H,4,11H2,1-3H3,(H,21,22)/b20-13+. The van der Waals surface area contributed by atoms with E-state index >= 15 is 0 Å². The van der Waals surface area contributed by atoms with Crippen molar-refractivity contribution in [3.05, 3.63) is 42.2 Å². The predicted molar refractivity (Wildman–Crippen MR) is 97.3 cm³/mol. The Hall–Kier alpha value is -2.61. The molecule has 2 aromatic rings. The van der Waals surface area contributed by atoms with Gasteiger partial charge in [-0.2, -0.15) is 5.10 Å². The van der Waals surface area contributed by atoms with Gasteiger partial charge in [0.15, 0.2) is 16.7 Å². The van der Waals surface area contributed by atoms with Crippen LogP contribution in [0.2, 0.25) is 0 Å². The number of carbonyl (C=O) groups is 1. The third-order valence-electron chi connectivity index (χ3n) is 3.24. The fourth-order valence-electron chi connectivity index (χ4n) is 2.02. The first-order valence-electron chi connectivity index (χ1n) is 7.65. The number of benzene rings is 1. The van der Waals surface area contributed by atoms with E-state index in [1.54, 1.807) is 32.7 Å². The first-order valence-corrected chi connectivity index (χ1v) is 8.64. The lowest BCUT2D eigenvalue weighted by atomic mass is 10.1. The molecule has 1 N–H and O–H groups in total. The number of amides is 1. The molecule has 0 aliphatic rings. The van der Waals surface area contributed by atoms with Gasteiger partial charge in [0.05, 0.1) is 25.7 Å². The van der Waals surface area contributed by atoms with Crippen LogP contribution in [0.3, 0.4) is 0 Å². The fourth-order valence-corrected chi connectivity index (χ4v) is 2.61. The number of thioether (sulfide) groups is 1. The summed E-state index contributed by atoms with van der Waals surface area (Å²) in [5, 5.41) is 4.78. The number of carbonyl (C=O) groups excluding carboxylic acids is 1. The van der Waals surface area contributed by atoms with Crippen molar-refractivity contribution in [1.29, 1.82) is 0 Å². The number of methoxy groups -OCH3 is 2. The highest BCUT2D eigenvalue weighted by molar-refractivity contribution is 7.99. The second-order valence-corrected chi connectivity index (χ2v) is 5.78. The van der Waals surface area contributed by atoms with E-state index < -0.39 is 0 Å². The molecule has 0 aliphatic carbocycles. The molecule has 0 radical (unpaired) electrons. The van der Waals surface area contributed by atoms with Gasteiger partial charge in [-0.15, -0.1) is 0 Å². The zero-order valence-electron chi connectivity index (χ0n) is 14.4. The Morgan fingerprint density at radius 3 is 2.56 bits per heavy atom. The third-order valence-corrected chi connectivity index (χ3v) is 4.12. The summed E-state index contributed by atoms with van der Waals surface area (Å²) in [7, 11) is 3.16. The van der Waals surface area contributed by atoms with Crippen LogP contribution in [0.15, 0.2) is 46.9 Å². The van der Waals surface area contributed by atoms with Crippen LogP contribution in [0.1, 0.15) is 18.9 Å². The van der Waals surface area contributed by atoms with Gasteiger partial charge in [0.1, 0.15) is 0 Å². The summed E-state index contributed by atoms with van der Waals surface area (Å²) in [6.07, 6.45) is 3.93. The third kappa shape index (κ3) is 5.46. The molecular weight excluding hydrogens is 340 g/mol. The van der Waals surface area contributed by atoms with Crippen molar-refractivity contribution in [2.75, 3.05) is 20.0 Å². The number of hydrogen-bond acceptors (Lipinski definition) is 7. The van der Waals surface area contributed by atoms with Gasteiger partial charge < -0.3 is 9.47 Å². The minimum absolute atomic E-state index is 0.191. The second kappa shape index (κ2) is 9.63. The molecule has 0 saturated carbocycles. The lowest BCUT2D eigenvalue weighted by Gasteiger charge is -2.10. The minimum Gasteiger partial charge on any atom is -0.493 e. The number of aromatic nitrogens is 2. The molecular formula is C17H20N4O3S. The van der Waals surface area contributed by atoms with E-state index in [0.29, 0.717) is 23.1 Å². The molecule has 0 unspecified atom stereocenters. The highest BCUT2D eigenvalue weighted by Crippen LogP contribution is 2.28. The number of nitrogens with zero attached hydrogens (tertiary/aromatic N) is 3. The quantitative estimate of drug-likeness (QED) is 0.337. The van der Waals surface area contributed by atoms with Crippen molar-refractivity contribution < 1.29 is 14.3 Å². The number of hydrogen-bond donors (Lipinski definition) is 1. The van der Waals surface area contributed by atoms with Crippen LogP contribution in [0, 0.1) is 0 Å². The van der Waals surface area contributed by atoms with E-state index in [0.717, 1.165) is 11.3 Å². The fraction of sp³-hybridized carbons (Fsp3) is 0.294. The maximum atomic E-state index is 12.0. The van der Waals surface area contributed by atoms with E-state index in [9.17, 15) is 4.79 Å². The molecule has 0 atom stereocenters. The van der Waals surface area contributed by atoms with Crippen LogP contribution < -0.4 is 14.9 Å². The van der Waals surface area contributed by atoms with Gasteiger partial charge in [0, 0.05) is 18.0 Å². The zero-order valence-corrected chi connectivity index (χ0v) is 15.2. The number of ether oxygens (including phenoxy) is 2. The molecule has 0 spiro atoms. The molecule has 0 aliphatic heterocycles. The van der Waals surface area contributed by atoms with Crippen LogP contribution in [-0.2, 0) is 4.79 Å². The summed E-state index contributed by atoms with van der Waals surface area (Å²) in [6, 6.07) is 7.25. The first kappa shape index (κ1) is 18.7. The van der Waals surface area contributed by atoms with E-state index in [1.165, 1.54) is 11.8 Å². The summed E-state index contributed by atoms with van der Waals surface area (Å²) < 4.78 is 10.5. The Kier molecular flexibility index (Phi) is 7.21. The minimum atomic E-state index is -0.219. The van der Waals surface area contributed by atoms with Gasteiger partial charge in [0.25, 0.3) is 5.91 Å². The molecule has 1 aromatic carbocycles. The average Bonchev–Trinajstić information content (AvgIpc) is 2.67. The molecule has 0 bridgehead atoms. The van der Waals surface area contributed by atoms with Crippen LogP contribution in [0.25, 0.3) is 0 Å². The SMILES string of the molecule is CC/C(=N\NC(=O)CSc1ncccn1)c1ccc(OC)c(OC)c1. The highest BCUT2D eigenvalue weighted by atomic mass is 32.2. The monoisotopic (exact) mass is 360 g/mol. The molecule has 2 rings (SSSR count). The molecule has 25 heavy (non-hydrogen) atoms. The van der Waals surface area contributed by atoms with Gasteiger partial charge in [-0.3, -0.25) is 4.79 Å². The lowest BCUT2D eigenvalue weighted by molar-refractivity contribution is -0.118. The summed E-state index contributed by atoms with van der Waals surface area (Å²) in [5.41, 5.74) is 4.18. The summed E-state index contributed by atoms with van der Waals surface area (Å²) >= 11 is 1.25. The van der Waals surface area contributed by atoms with Gasteiger partial charge in [-0.1, -0.05) is 18.7 Å². The van der Waals surface area contributed by atoms with E-state index in [2.05, 4.69) is 20.5 Å². The molecule has 0 saturated heterocycles. The van der Waals surface area contributed by atoms with Gasteiger partial charge in [-0.05, 0) is 30.7 Å². The van der Waals surface area contributed by atoms with Crippen molar-refractivity contribution in [2.24, 2.45) is 5.10 Å². The summed E-state index contributed by atoms with van der Waals surface area (Å²) in [6.45, 7) is 1.97. The maximum absolute atomic E-state index is 12.0. The van der Waals surface area contributed by atoms with Crippen molar-refractivity contribution in [1.82, 2.24) is 15.4 Å². The normalized spacial score (nSPS) is 11.1. The Morgan fingerprint density at radius 2 is 1.92 bits per heavy atom. The molecule has 7 nitrogen and oxygen atoms in total. The van der Waals surface area contributed by atoms with Crippen LogP contribution in [0.4, 0.5) is 0 Å². The topological polar surface area (TPSA) is 85.7 Å². The summed E-state index contributed by atoms with van der Waals surface area (Å²) in [5.74, 6) is 1.23. The van der Waals surface area contributed by atoms with Crippen LogP contribution in [0.5, 0.6) is 11.5 Å². The first-order chi connectivity index (χ1) is 12.2. The second-order valence-electron chi connectivity index (χ2n) is 4.84. The number of hydrazone groups is 1. The van der Waals surface area contributed by atoms with E-state index in [4.69, 9.17) is 9.47 Å². The van der Waals surface area contributed by atoms with E-state index in [-0.39, 0.29) is 11.7 Å². The molecule has 8 heteroatoms. The zero-order chi connectivity index (χ0) is 18.1. The average molecular weight is 360 g/mol. The van der Waals surface area contributed by atoms with Crippen LogP contribution in [-0.4, -0.2) is 41.6 Å². The Bertz CT molecular complexity index is 738. The van der Waals surface area contributed by atoms with Crippen molar-refractivity contribution in [3.63, 3.8) is 0 Å². The lowest BCUT2D eigenvalue weighted by Crippen LogP contribution is -2.22. The van der Waals surface area contributed by atoms with Crippen molar-refractivity contribution >= 4 is 23.4 Å². The number of rotatable bonds is 8. The molecule has 132 valence electrons. The molecule has 1 heterocycles. The smallest absolute Gasteiger partial charge is 0.250 e.